The normalized spacial score (nSPS) is 21.6. The van der Waals surface area contributed by atoms with E-state index in [0.29, 0.717) is 18.2 Å². The Morgan fingerprint density at radius 1 is 1.22 bits per heavy atom. The van der Waals surface area contributed by atoms with Gasteiger partial charge in [-0.3, -0.25) is 9.69 Å². The van der Waals surface area contributed by atoms with E-state index in [4.69, 9.17) is 10.5 Å². The Labute approximate surface area is 193 Å². The molecule has 2 aliphatic rings. The van der Waals surface area contributed by atoms with Crippen LogP contribution >= 0.6 is 11.3 Å². The van der Waals surface area contributed by atoms with E-state index in [1.807, 2.05) is 29.5 Å². The van der Waals surface area contributed by atoms with Crippen molar-refractivity contribution in [1.29, 1.82) is 0 Å². The van der Waals surface area contributed by atoms with E-state index < -0.39 is 0 Å². The number of benzene rings is 2. The third-order valence-electron chi connectivity index (χ3n) is 7.02. The molecule has 3 aromatic rings. The van der Waals surface area contributed by atoms with E-state index in [0.717, 1.165) is 39.0 Å². The molecule has 5 nitrogen and oxygen atoms in total. The van der Waals surface area contributed by atoms with Crippen LogP contribution in [0.2, 0.25) is 0 Å². The third-order valence-corrected chi connectivity index (χ3v) is 8.11. The lowest BCUT2D eigenvalue weighted by molar-refractivity contribution is 0.0255. The van der Waals surface area contributed by atoms with Crippen molar-refractivity contribution in [1.82, 2.24) is 4.90 Å². The Balaban J connectivity index is 1.22. The molecular weight excluding hydrogens is 418 g/mol. The molecule has 2 N–H and O–H groups in total. The van der Waals surface area contributed by atoms with Gasteiger partial charge in [0.05, 0.1) is 12.7 Å². The van der Waals surface area contributed by atoms with E-state index in [9.17, 15) is 4.79 Å². The highest BCUT2D eigenvalue weighted by molar-refractivity contribution is 7.17. The molecule has 0 spiro atoms. The van der Waals surface area contributed by atoms with Gasteiger partial charge in [0, 0.05) is 48.2 Å². The van der Waals surface area contributed by atoms with E-state index in [2.05, 4.69) is 47.2 Å². The number of primary amides is 1. The maximum absolute atomic E-state index is 11.5. The van der Waals surface area contributed by atoms with Crippen molar-refractivity contribution < 1.29 is 9.53 Å². The maximum atomic E-state index is 11.5. The van der Waals surface area contributed by atoms with Crippen molar-refractivity contribution in [3.05, 3.63) is 64.0 Å². The molecule has 1 amide bonds. The smallest absolute Gasteiger partial charge is 0.248 e. The molecule has 0 radical (unpaired) electrons. The first-order valence-electron chi connectivity index (χ1n) is 11.5. The monoisotopic (exact) mass is 449 g/mol. The number of aryl methyl sites for hydroxylation is 1. The summed E-state index contributed by atoms with van der Waals surface area (Å²) in [6, 6.07) is 13.2. The van der Waals surface area contributed by atoms with Crippen molar-refractivity contribution in [2.75, 3.05) is 37.7 Å². The van der Waals surface area contributed by atoms with Crippen LogP contribution < -0.4 is 10.6 Å². The molecule has 5 rings (SSSR count). The largest absolute Gasteiger partial charge is 0.373 e. The maximum Gasteiger partial charge on any atom is 0.248 e. The van der Waals surface area contributed by atoms with Gasteiger partial charge in [-0.2, -0.15) is 0 Å². The Morgan fingerprint density at radius 3 is 2.91 bits per heavy atom. The summed E-state index contributed by atoms with van der Waals surface area (Å²) in [4.78, 5) is 16.6. The van der Waals surface area contributed by atoms with Gasteiger partial charge in [0.1, 0.15) is 0 Å². The first kappa shape index (κ1) is 21.4. The Morgan fingerprint density at radius 2 is 2.09 bits per heavy atom. The molecule has 0 aliphatic carbocycles. The van der Waals surface area contributed by atoms with Gasteiger partial charge in [-0.05, 0) is 84.5 Å². The van der Waals surface area contributed by atoms with E-state index in [1.54, 1.807) is 0 Å². The molecule has 0 unspecified atom stereocenters. The van der Waals surface area contributed by atoms with Crippen LogP contribution in [0, 0.1) is 6.92 Å². The minimum atomic E-state index is -0.365. The van der Waals surface area contributed by atoms with Gasteiger partial charge in [-0.25, -0.2) is 0 Å². The second-order valence-electron chi connectivity index (χ2n) is 9.11. The van der Waals surface area contributed by atoms with Crippen LogP contribution in [0.4, 0.5) is 5.69 Å². The molecule has 0 saturated carbocycles. The minimum absolute atomic E-state index is 0.0925. The van der Waals surface area contributed by atoms with Crippen LogP contribution in [0.3, 0.4) is 0 Å². The van der Waals surface area contributed by atoms with Crippen LogP contribution in [0.1, 0.15) is 46.5 Å². The fourth-order valence-electron chi connectivity index (χ4n) is 5.12. The molecule has 6 heteroatoms. The summed E-state index contributed by atoms with van der Waals surface area (Å²) in [5, 5.41) is 3.63. The summed E-state index contributed by atoms with van der Waals surface area (Å²) in [6.07, 6.45) is 1.90. The Kier molecular flexibility index (Phi) is 5.93. The van der Waals surface area contributed by atoms with Crippen molar-refractivity contribution in [2.24, 2.45) is 5.73 Å². The molecule has 32 heavy (non-hydrogen) atoms. The molecule has 1 saturated heterocycles. The lowest BCUT2D eigenvalue weighted by atomic mass is 9.93. The van der Waals surface area contributed by atoms with Crippen molar-refractivity contribution in [3.8, 4) is 0 Å². The SMILES string of the molecule is Cc1csc2ccc(N3CCN(CC[C@@H]4OCCc5cc(C(N)=O)ccc54)[C@H](C)C3)cc12. The number of hydrogen-bond acceptors (Lipinski definition) is 5. The highest BCUT2D eigenvalue weighted by Crippen LogP contribution is 2.32. The number of anilines is 1. The number of fused-ring (bicyclic) bond motifs is 2. The van der Waals surface area contributed by atoms with Crippen LogP contribution in [0.5, 0.6) is 0 Å². The van der Waals surface area contributed by atoms with E-state index in [1.165, 1.54) is 32.5 Å². The number of nitrogens with two attached hydrogens (primary N) is 1. The van der Waals surface area contributed by atoms with Crippen molar-refractivity contribution in [2.45, 2.75) is 38.8 Å². The highest BCUT2D eigenvalue weighted by atomic mass is 32.1. The Bertz CT molecular complexity index is 1140. The van der Waals surface area contributed by atoms with Gasteiger partial charge in [0.15, 0.2) is 0 Å². The summed E-state index contributed by atoms with van der Waals surface area (Å²) in [5.41, 5.74) is 11.2. The molecule has 1 aromatic heterocycles. The van der Waals surface area contributed by atoms with E-state index >= 15 is 0 Å². The average molecular weight is 450 g/mol. The molecule has 0 bridgehead atoms. The lowest BCUT2D eigenvalue weighted by Gasteiger charge is -2.41. The second kappa shape index (κ2) is 8.85. The summed E-state index contributed by atoms with van der Waals surface area (Å²) < 4.78 is 7.48. The van der Waals surface area contributed by atoms with Crippen LogP contribution in [0.25, 0.3) is 10.1 Å². The fourth-order valence-corrected chi connectivity index (χ4v) is 6.04. The van der Waals surface area contributed by atoms with Gasteiger partial charge in [0.25, 0.3) is 0 Å². The fraction of sp³-hybridized carbons (Fsp3) is 0.423. The second-order valence-corrected chi connectivity index (χ2v) is 10.0. The van der Waals surface area contributed by atoms with Crippen molar-refractivity contribution >= 4 is 33.0 Å². The van der Waals surface area contributed by atoms with Gasteiger partial charge >= 0.3 is 0 Å². The predicted octanol–water partition coefficient (Wildman–Crippen LogP) is 4.52. The zero-order valence-electron chi connectivity index (χ0n) is 18.8. The molecular formula is C26H31N3O2S. The standard InChI is InChI=1S/C26H31N3O2S/c1-17-16-32-25-6-4-21(14-23(17)25)29-11-10-28(18(2)15-29)9-7-24-22-5-3-20(26(27)30)13-19(22)8-12-31-24/h3-6,13-14,16,18,24H,7-12,15H2,1-2H3,(H2,27,30)/t18-,24+/m1/s1. The number of ether oxygens (including phenoxy) is 1. The first-order valence-corrected chi connectivity index (χ1v) is 12.4. The van der Waals surface area contributed by atoms with Crippen LogP contribution in [0.15, 0.2) is 41.8 Å². The molecule has 1 fully saturated rings. The van der Waals surface area contributed by atoms with Gasteiger partial charge in [0.2, 0.25) is 5.91 Å². The van der Waals surface area contributed by atoms with Gasteiger partial charge < -0.3 is 15.4 Å². The lowest BCUT2D eigenvalue weighted by Crippen LogP contribution is -2.52. The summed E-state index contributed by atoms with van der Waals surface area (Å²) in [6.45, 7) is 9.38. The van der Waals surface area contributed by atoms with Gasteiger partial charge in [-0.15, -0.1) is 11.3 Å². The summed E-state index contributed by atoms with van der Waals surface area (Å²) >= 11 is 1.83. The zero-order valence-corrected chi connectivity index (χ0v) is 19.7. The quantitative estimate of drug-likeness (QED) is 0.622. The molecule has 2 atom stereocenters. The molecule has 2 aromatic carbocycles. The summed E-state index contributed by atoms with van der Waals surface area (Å²) in [7, 11) is 0. The molecule has 168 valence electrons. The van der Waals surface area contributed by atoms with Crippen LogP contribution in [-0.4, -0.2) is 49.6 Å². The Hall–Kier alpha value is -2.41. The topological polar surface area (TPSA) is 58.8 Å². The highest BCUT2D eigenvalue weighted by Gasteiger charge is 2.27. The number of rotatable bonds is 5. The number of carbonyl (C=O) groups excluding carboxylic acids is 1. The number of thiophene rings is 1. The molecule has 3 heterocycles. The van der Waals surface area contributed by atoms with E-state index in [-0.39, 0.29) is 12.0 Å². The number of carbonyl (C=O) groups is 1. The minimum Gasteiger partial charge on any atom is -0.373 e. The summed E-state index contributed by atoms with van der Waals surface area (Å²) in [5.74, 6) is -0.365. The zero-order chi connectivity index (χ0) is 22.2. The van der Waals surface area contributed by atoms with Crippen molar-refractivity contribution in [3.63, 3.8) is 0 Å². The van der Waals surface area contributed by atoms with Gasteiger partial charge in [-0.1, -0.05) is 6.07 Å². The first-order chi connectivity index (χ1) is 15.5. The van der Waals surface area contributed by atoms with Crippen LogP contribution in [-0.2, 0) is 11.2 Å². The molecule has 2 aliphatic heterocycles. The number of hydrogen-bond donors (Lipinski definition) is 1. The average Bonchev–Trinajstić information content (AvgIpc) is 3.17. The predicted molar refractivity (Wildman–Crippen MR) is 132 cm³/mol. The third kappa shape index (κ3) is 4.15. The number of nitrogens with zero attached hydrogens (tertiary/aromatic N) is 2. The number of amides is 1. The number of piperazine rings is 1.